The first-order valence-electron chi connectivity index (χ1n) is 13.8. The molecule has 2 heterocycles. The first-order chi connectivity index (χ1) is 20.9. The van der Waals surface area contributed by atoms with Crippen LogP contribution in [-0.4, -0.2) is 44.6 Å². The van der Waals surface area contributed by atoms with Crippen LogP contribution in [0.25, 0.3) is 6.08 Å². The van der Waals surface area contributed by atoms with Gasteiger partial charge in [-0.2, -0.15) is 0 Å². The number of hydrogen-bond donors (Lipinski definition) is 0. The van der Waals surface area contributed by atoms with E-state index in [1.807, 2.05) is 54.6 Å². The average molecular weight is 601 g/mol. The molecule has 0 amide bonds. The van der Waals surface area contributed by atoms with Gasteiger partial charge in [0.1, 0.15) is 24.7 Å². The molecule has 222 valence electrons. The third-order valence-electron chi connectivity index (χ3n) is 6.77. The van der Waals surface area contributed by atoms with Gasteiger partial charge in [-0.05, 0) is 55.3 Å². The number of ether oxygens (including phenoxy) is 5. The number of thiazole rings is 1. The molecule has 0 spiro atoms. The Bertz CT molecular complexity index is 1830. The summed E-state index contributed by atoms with van der Waals surface area (Å²) in [6.45, 7) is 4.37. The smallest absolute Gasteiger partial charge is 0.338 e. The Morgan fingerprint density at radius 2 is 1.70 bits per heavy atom. The zero-order valence-electron chi connectivity index (χ0n) is 24.4. The highest BCUT2D eigenvalue weighted by Crippen LogP contribution is 2.31. The van der Waals surface area contributed by atoms with E-state index >= 15 is 0 Å². The van der Waals surface area contributed by atoms with Crippen molar-refractivity contribution in [3.05, 3.63) is 115 Å². The van der Waals surface area contributed by atoms with Gasteiger partial charge < -0.3 is 23.7 Å². The van der Waals surface area contributed by atoms with Crippen molar-refractivity contribution in [3.63, 3.8) is 0 Å². The number of hydrogen-bond acceptors (Lipinski definition) is 9. The maximum absolute atomic E-state index is 13.8. The molecule has 1 atom stereocenters. The number of aromatic nitrogens is 1. The number of rotatable bonds is 11. The molecule has 0 aliphatic carbocycles. The number of esters is 1. The van der Waals surface area contributed by atoms with E-state index in [1.165, 1.54) is 11.3 Å². The topological polar surface area (TPSA) is 97.6 Å². The van der Waals surface area contributed by atoms with Crippen molar-refractivity contribution >= 4 is 23.4 Å². The van der Waals surface area contributed by atoms with E-state index in [0.717, 1.165) is 11.1 Å². The Kier molecular flexibility index (Phi) is 9.26. The Morgan fingerprint density at radius 3 is 2.44 bits per heavy atom. The van der Waals surface area contributed by atoms with Crippen molar-refractivity contribution in [1.29, 1.82) is 0 Å². The highest BCUT2D eigenvalue weighted by Gasteiger charge is 2.33. The summed E-state index contributed by atoms with van der Waals surface area (Å²) < 4.78 is 29.9. The summed E-state index contributed by atoms with van der Waals surface area (Å²) in [6, 6.07) is 21.6. The highest BCUT2D eigenvalue weighted by atomic mass is 32.1. The van der Waals surface area contributed by atoms with Gasteiger partial charge in [0.25, 0.3) is 5.56 Å². The largest absolute Gasteiger partial charge is 0.497 e. The van der Waals surface area contributed by atoms with Crippen molar-refractivity contribution in [2.75, 3.05) is 34.0 Å². The van der Waals surface area contributed by atoms with E-state index in [-0.39, 0.29) is 12.2 Å². The molecule has 4 aromatic rings. The molecule has 1 aliphatic rings. The van der Waals surface area contributed by atoms with Crippen LogP contribution in [0.1, 0.15) is 31.0 Å². The number of nitrogens with zero attached hydrogens (tertiary/aromatic N) is 2. The number of carbonyl (C=O) groups excluding carboxylic acids is 1. The maximum Gasteiger partial charge on any atom is 0.338 e. The van der Waals surface area contributed by atoms with Gasteiger partial charge in [0.2, 0.25) is 0 Å². The van der Waals surface area contributed by atoms with Gasteiger partial charge in [0.15, 0.2) is 16.3 Å². The van der Waals surface area contributed by atoms with Crippen molar-refractivity contribution in [2.24, 2.45) is 4.99 Å². The molecule has 0 radical (unpaired) electrons. The van der Waals surface area contributed by atoms with Crippen molar-refractivity contribution in [3.8, 4) is 23.0 Å². The Hall–Kier alpha value is -4.83. The van der Waals surface area contributed by atoms with Crippen LogP contribution in [0.4, 0.5) is 0 Å². The minimum Gasteiger partial charge on any atom is -0.497 e. The first-order valence-corrected chi connectivity index (χ1v) is 14.6. The Balaban J connectivity index is 1.41. The summed E-state index contributed by atoms with van der Waals surface area (Å²) in [5.41, 5.74) is 2.18. The minimum absolute atomic E-state index is 0.221. The molecule has 1 aromatic heterocycles. The van der Waals surface area contributed by atoms with Crippen molar-refractivity contribution in [2.45, 2.75) is 19.9 Å². The maximum atomic E-state index is 13.8. The van der Waals surface area contributed by atoms with Gasteiger partial charge in [0, 0.05) is 6.07 Å². The lowest BCUT2D eigenvalue weighted by Crippen LogP contribution is -2.39. The van der Waals surface area contributed by atoms with Crippen LogP contribution in [0.5, 0.6) is 23.0 Å². The molecule has 1 aliphatic heterocycles. The zero-order chi connectivity index (χ0) is 30.3. The summed E-state index contributed by atoms with van der Waals surface area (Å²) in [5, 5.41) is 0. The Morgan fingerprint density at radius 1 is 0.930 bits per heavy atom. The predicted molar refractivity (Wildman–Crippen MR) is 164 cm³/mol. The molecule has 0 fully saturated rings. The van der Waals surface area contributed by atoms with Crippen LogP contribution in [0.2, 0.25) is 0 Å². The molecule has 3 aromatic carbocycles. The van der Waals surface area contributed by atoms with Crippen LogP contribution in [0.15, 0.2) is 93.9 Å². The molecule has 10 heteroatoms. The van der Waals surface area contributed by atoms with E-state index in [1.54, 1.807) is 56.9 Å². The number of methoxy groups -OCH3 is 2. The van der Waals surface area contributed by atoms with Gasteiger partial charge >= 0.3 is 5.97 Å². The molecule has 43 heavy (non-hydrogen) atoms. The number of allylic oxidation sites excluding steroid dienone is 1. The number of benzene rings is 3. The molecule has 0 bridgehead atoms. The van der Waals surface area contributed by atoms with Crippen LogP contribution in [-0.2, 0) is 9.53 Å². The second-order valence-corrected chi connectivity index (χ2v) is 10.5. The molecule has 5 rings (SSSR count). The fourth-order valence-electron chi connectivity index (χ4n) is 4.79. The second-order valence-electron chi connectivity index (χ2n) is 9.50. The lowest BCUT2D eigenvalue weighted by atomic mass is 9.96. The minimum atomic E-state index is -0.650. The SMILES string of the molecule is CCOC(=O)C1=C(C)N=c2s/c(=C/c3ccc(OCCOc4cccc(OC)c4)c(OC)c3)c(=O)n2[C@@H]1c1ccccc1. The average Bonchev–Trinajstić information content (AvgIpc) is 3.33. The van der Waals surface area contributed by atoms with E-state index in [2.05, 4.69) is 4.99 Å². The van der Waals surface area contributed by atoms with Crippen molar-refractivity contribution in [1.82, 2.24) is 4.57 Å². The second kappa shape index (κ2) is 13.4. The third kappa shape index (κ3) is 6.49. The molecule has 0 saturated carbocycles. The van der Waals surface area contributed by atoms with Gasteiger partial charge in [-0.1, -0.05) is 53.8 Å². The predicted octanol–water partition coefficient (Wildman–Crippen LogP) is 4.27. The van der Waals surface area contributed by atoms with Crippen LogP contribution in [0.3, 0.4) is 0 Å². The van der Waals surface area contributed by atoms with Crippen LogP contribution < -0.4 is 33.8 Å². The standard InChI is InChI=1S/C33H32N2O7S/c1-5-40-32(37)29-21(2)34-33-35(30(29)23-10-7-6-8-11-23)31(36)28(43-33)19-22-14-15-26(27(18-22)39-4)42-17-16-41-25-13-9-12-24(20-25)38-3/h6-15,18-20,30H,5,16-17H2,1-4H3/b28-19+/t30-/m1/s1. The van der Waals surface area contributed by atoms with E-state index in [4.69, 9.17) is 23.7 Å². The fourth-order valence-corrected chi connectivity index (χ4v) is 5.84. The summed E-state index contributed by atoms with van der Waals surface area (Å²) >= 11 is 1.27. The molecular weight excluding hydrogens is 568 g/mol. The van der Waals surface area contributed by atoms with Gasteiger partial charge in [0.05, 0.1) is 42.7 Å². The normalized spacial score (nSPS) is 14.5. The molecule has 0 unspecified atom stereocenters. The van der Waals surface area contributed by atoms with Gasteiger partial charge in [-0.3, -0.25) is 9.36 Å². The van der Waals surface area contributed by atoms with Gasteiger partial charge in [-0.15, -0.1) is 0 Å². The lowest BCUT2D eigenvalue weighted by Gasteiger charge is -2.24. The first kappa shape index (κ1) is 29.7. The van der Waals surface area contributed by atoms with Crippen LogP contribution >= 0.6 is 11.3 Å². The quantitative estimate of drug-likeness (QED) is 0.187. The molecule has 9 nitrogen and oxygen atoms in total. The van der Waals surface area contributed by atoms with Crippen LogP contribution in [0, 0.1) is 0 Å². The summed E-state index contributed by atoms with van der Waals surface area (Å²) in [5.74, 6) is 1.99. The molecule has 0 saturated heterocycles. The monoisotopic (exact) mass is 600 g/mol. The van der Waals surface area contributed by atoms with E-state index < -0.39 is 12.0 Å². The van der Waals surface area contributed by atoms with E-state index in [0.29, 0.717) is 56.8 Å². The summed E-state index contributed by atoms with van der Waals surface area (Å²) in [6.07, 6.45) is 1.79. The number of carbonyl (C=O) groups is 1. The number of fused-ring (bicyclic) bond motifs is 1. The Labute approximate surface area is 252 Å². The highest BCUT2D eigenvalue weighted by molar-refractivity contribution is 7.07. The van der Waals surface area contributed by atoms with Crippen molar-refractivity contribution < 1.29 is 28.5 Å². The zero-order valence-corrected chi connectivity index (χ0v) is 25.2. The summed E-state index contributed by atoms with van der Waals surface area (Å²) in [7, 11) is 3.17. The van der Waals surface area contributed by atoms with Gasteiger partial charge in [-0.25, -0.2) is 9.79 Å². The fraction of sp³-hybridized carbons (Fsp3) is 0.242. The third-order valence-corrected chi connectivity index (χ3v) is 7.75. The molecular formula is C33H32N2O7S. The molecule has 0 N–H and O–H groups in total. The van der Waals surface area contributed by atoms with E-state index in [9.17, 15) is 9.59 Å². The lowest BCUT2D eigenvalue weighted by molar-refractivity contribution is -0.139. The summed E-state index contributed by atoms with van der Waals surface area (Å²) in [4.78, 5) is 32.0.